The van der Waals surface area contributed by atoms with Gasteiger partial charge in [-0.1, -0.05) is 26.0 Å². The van der Waals surface area contributed by atoms with E-state index in [4.69, 9.17) is 4.74 Å². The number of benzene rings is 2. The van der Waals surface area contributed by atoms with E-state index in [1.54, 1.807) is 18.2 Å². The molecule has 2 aromatic rings. The minimum Gasteiger partial charge on any atom is -0.465 e. The summed E-state index contributed by atoms with van der Waals surface area (Å²) in [6.07, 6.45) is 2.37. The zero-order valence-corrected chi connectivity index (χ0v) is 19.1. The Hall–Kier alpha value is -2.58. The summed E-state index contributed by atoms with van der Waals surface area (Å²) in [5.74, 6) is -0.355. The summed E-state index contributed by atoms with van der Waals surface area (Å²) in [6, 6.07) is 12.9. The lowest BCUT2D eigenvalue weighted by molar-refractivity contribution is 0.0600. The van der Waals surface area contributed by atoms with E-state index >= 15 is 0 Å². The summed E-state index contributed by atoms with van der Waals surface area (Å²) in [7, 11) is -2.15. The standard InChI is InChI=1S/C23H29N3O4S/c1-4-24(5-2)31(28,29)19-12-13-20-21(15-19)26(22-7-6-14-25(20)22)16-17-8-10-18(11-9-17)23(27)30-3/h8-13,15,22H,4-7,14,16H2,1-3H3/t22-/m1/s1. The Morgan fingerprint density at radius 1 is 1.10 bits per heavy atom. The number of ether oxygens (including phenoxy) is 1. The maximum Gasteiger partial charge on any atom is 0.337 e. The molecule has 1 saturated heterocycles. The molecule has 0 aliphatic carbocycles. The van der Waals surface area contributed by atoms with Crippen molar-refractivity contribution >= 4 is 27.4 Å². The van der Waals surface area contributed by atoms with E-state index < -0.39 is 10.0 Å². The summed E-state index contributed by atoms with van der Waals surface area (Å²) >= 11 is 0. The van der Waals surface area contributed by atoms with Crippen LogP contribution in [0.1, 0.15) is 42.6 Å². The summed E-state index contributed by atoms with van der Waals surface area (Å²) in [4.78, 5) is 16.7. The van der Waals surface area contributed by atoms with Crippen LogP contribution in [0.3, 0.4) is 0 Å². The highest BCUT2D eigenvalue weighted by Crippen LogP contribution is 2.45. The maximum atomic E-state index is 13.1. The zero-order chi connectivity index (χ0) is 22.2. The highest BCUT2D eigenvalue weighted by atomic mass is 32.2. The van der Waals surface area contributed by atoms with Crippen molar-refractivity contribution in [3.8, 4) is 0 Å². The van der Waals surface area contributed by atoms with Crippen molar-refractivity contribution in [1.82, 2.24) is 4.31 Å². The van der Waals surface area contributed by atoms with Crippen molar-refractivity contribution < 1.29 is 17.9 Å². The Kier molecular flexibility index (Phi) is 5.94. The van der Waals surface area contributed by atoms with Gasteiger partial charge < -0.3 is 14.5 Å². The second-order valence-corrected chi connectivity index (χ2v) is 9.81. The van der Waals surface area contributed by atoms with Crippen LogP contribution in [0.25, 0.3) is 0 Å². The van der Waals surface area contributed by atoms with Gasteiger partial charge in [0.1, 0.15) is 6.17 Å². The van der Waals surface area contributed by atoms with Crippen LogP contribution in [-0.4, -0.2) is 51.6 Å². The molecule has 4 rings (SSSR count). The SMILES string of the molecule is CCN(CC)S(=O)(=O)c1ccc2c(c1)N(Cc1ccc(C(=O)OC)cc1)[C@@H]1CCCN21. The summed E-state index contributed by atoms with van der Waals surface area (Å²) in [5.41, 5.74) is 3.62. The average Bonchev–Trinajstić information content (AvgIpc) is 3.36. The molecular weight excluding hydrogens is 414 g/mol. The molecule has 0 unspecified atom stereocenters. The fourth-order valence-electron chi connectivity index (χ4n) is 4.62. The number of sulfonamides is 1. The minimum absolute atomic E-state index is 0.224. The van der Waals surface area contributed by atoms with Crippen LogP contribution in [0.4, 0.5) is 11.4 Å². The zero-order valence-electron chi connectivity index (χ0n) is 18.2. The number of carbonyl (C=O) groups is 1. The first-order valence-electron chi connectivity index (χ1n) is 10.8. The third-order valence-corrected chi connectivity index (χ3v) is 8.26. The van der Waals surface area contributed by atoms with E-state index in [2.05, 4.69) is 9.80 Å². The van der Waals surface area contributed by atoms with Crippen molar-refractivity contribution in [2.45, 2.75) is 44.3 Å². The second kappa shape index (κ2) is 8.51. The van der Waals surface area contributed by atoms with Gasteiger partial charge in [-0.25, -0.2) is 13.2 Å². The number of nitrogens with zero attached hydrogens (tertiary/aromatic N) is 3. The molecule has 0 aromatic heterocycles. The molecule has 31 heavy (non-hydrogen) atoms. The van der Waals surface area contributed by atoms with Gasteiger partial charge in [0.25, 0.3) is 0 Å². The van der Waals surface area contributed by atoms with E-state index in [9.17, 15) is 13.2 Å². The smallest absolute Gasteiger partial charge is 0.337 e. The molecule has 0 bridgehead atoms. The van der Waals surface area contributed by atoms with E-state index in [-0.39, 0.29) is 12.1 Å². The monoisotopic (exact) mass is 443 g/mol. The van der Waals surface area contributed by atoms with E-state index in [1.807, 2.05) is 38.1 Å². The van der Waals surface area contributed by atoms with Gasteiger partial charge in [-0.15, -0.1) is 0 Å². The molecular formula is C23H29N3O4S. The molecule has 0 N–H and O–H groups in total. The molecule has 0 saturated carbocycles. The van der Waals surface area contributed by atoms with Crippen molar-refractivity contribution in [2.24, 2.45) is 0 Å². The normalized spacial score (nSPS) is 17.7. The Morgan fingerprint density at radius 2 is 1.81 bits per heavy atom. The molecule has 7 nitrogen and oxygen atoms in total. The van der Waals surface area contributed by atoms with Crippen LogP contribution in [0.15, 0.2) is 47.4 Å². The molecule has 0 spiro atoms. The summed E-state index contributed by atoms with van der Waals surface area (Å²) in [5, 5.41) is 0. The quantitative estimate of drug-likeness (QED) is 0.611. The highest BCUT2D eigenvalue weighted by molar-refractivity contribution is 7.89. The number of esters is 1. The number of rotatable bonds is 7. The van der Waals surface area contributed by atoms with Gasteiger partial charge in [-0.2, -0.15) is 4.31 Å². The predicted molar refractivity (Wildman–Crippen MR) is 121 cm³/mol. The van der Waals surface area contributed by atoms with Crippen LogP contribution in [0, 0.1) is 0 Å². The van der Waals surface area contributed by atoms with Crippen LogP contribution in [-0.2, 0) is 21.3 Å². The first-order chi connectivity index (χ1) is 14.9. The van der Waals surface area contributed by atoms with Gasteiger partial charge >= 0.3 is 5.97 Å². The molecule has 1 atom stereocenters. The third kappa shape index (κ3) is 3.78. The largest absolute Gasteiger partial charge is 0.465 e. The Balaban J connectivity index is 1.68. The lowest BCUT2D eigenvalue weighted by Gasteiger charge is -2.28. The Bertz CT molecular complexity index is 1060. The predicted octanol–water partition coefficient (Wildman–Crippen LogP) is 3.45. The van der Waals surface area contributed by atoms with Crippen molar-refractivity contribution in [3.05, 3.63) is 53.6 Å². The molecule has 1 fully saturated rings. The molecule has 0 radical (unpaired) electrons. The first-order valence-corrected chi connectivity index (χ1v) is 12.2. The highest BCUT2D eigenvalue weighted by Gasteiger charge is 2.39. The lowest BCUT2D eigenvalue weighted by atomic mass is 10.1. The fraction of sp³-hybridized carbons (Fsp3) is 0.435. The number of carbonyl (C=O) groups excluding carboxylic acids is 1. The number of hydrogen-bond acceptors (Lipinski definition) is 6. The molecule has 2 aromatic carbocycles. The van der Waals surface area contributed by atoms with E-state index in [0.717, 1.165) is 36.3 Å². The third-order valence-electron chi connectivity index (χ3n) is 6.22. The number of hydrogen-bond donors (Lipinski definition) is 0. The summed E-state index contributed by atoms with van der Waals surface area (Å²) < 4.78 is 32.4. The van der Waals surface area contributed by atoms with Crippen LogP contribution in [0.2, 0.25) is 0 Å². The topological polar surface area (TPSA) is 70.2 Å². The maximum absolute atomic E-state index is 13.1. The lowest BCUT2D eigenvalue weighted by Crippen LogP contribution is -2.38. The molecule has 8 heteroatoms. The van der Waals surface area contributed by atoms with Gasteiger partial charge in [0.05, 0.1) is 28.9 Å². The Labute approximate surface area is 184 Å². The van der Waals surface area contributed by atoms with E-state index in [0.29, 0.717) is 30.1 Å². The first kappa shape index (κ1) is 21.6. The van der Waals surface area contributed by atoms with Crippen molar-refractivity contribution in [2.75, 3.05) is 36.5 Å². The molecule has 166 valence electrons. The molecule has 2 aliphatic rings. The van der Waals surface area contributed by atoms with Gasteiger partial charge in [-0.05, 0) is 48.7 Å². The van der Waals surface area contributed by atoms with Crippen molar-refractivity contribution in [1.29, 1.82) is 0 Å². The van der Waals surface area contributed by atoms with Crippen LogP contribution in [0.5, 0.6) is 0 Å². The van der Waals surface area contributed by atoms with Gasteiger partial charge in [0.2, 0.25) is 10.0 Å². The fourth-order valence-corrected chi connectivity index (χ4v) is 6.09. The van der Waals surface area contributed by atoms with Gasteiger partial charge in [0, 0.05) is 26.2 Å². The Morgan fingerprint density at radius 3 is 2.45 bits per heavy atom. The average molecular weight is 444 g/mol. The van der Waals surface area contributed by atoms with Crippen molar-refractivity contribution in [3.63, 3.8) is 0 Å². The summed E-state index contributed by atoms with van der Waals surface area (Å²) in [6.45, 7) is 6.22. The number of fused-ring (bicyclic) bond motifs is 3. The van der Waals surface area contributed by atoms with Crippen LogP contribution >= 0.6 is 0 Å². The number of methoxy groups -OCH3 is 1. The number of anilines is 2. The van der Waals surface area contributed by atoms with Gasteiger partial charge in [-0.3, -0.25) is 0 Å². The molecule has 2 heterocycles. The molecule has 2 aliphatic heterocycles. The van der Waals surface area contributed by atoms with Crippen LogP contribution < -0.4 is 9.80 Å². The van der Waals surface area contributed by atoms with Gasteiger partial charge in [0.15, 0.2) is 0 Å². The molecule has 0 amide bonds. The minimum atomic E-state index is -3.52. The second-order valence-electron chi connectivity index (χ2n) is 7.87. The van der Waals surface area contributed by atoms with E-state index in [1.165, 1.54) is 11.4 Å².